The molecule has 0 amide bonds. The molecule has 6 nitrogen and oxygen atoms in total. The lowest BCUT2D eigenvalue weighted by Gasteiger charge is -2.26. The molecule has 1 aliphatic heterocycles. The fraction of sp³-hybridized carbons (Fsp3) is 0.588. The van der Waals surface area contributed by atoms with Crippen LogP contribution in [-0.2, 0) is 10.9 Å². The average molecular weight is 374 g/mol. The molecule has 3 N–H and O–H groups in total. The van der Waals surface area contributed by atoms with Crippen molar-refractivity contribution in [2.45, 2.75) is 12.6 Å². The van der Waals surface area contributed by atoms with Gasteiger partial charge >= 0.3 is 6.18 Å². The van der Waals surface area contributed by atoms with Crippen molar-refractivity contribution in [3.8, 4) is 5.75 Å². The lowest BCUT2D eigenvalue weighted by atomic mass is 10.2. The van der Waals surface area contributed by atoms with Gasteiger partial charge in [-0.25, -0.2) is 0 Å². The van der Waals surface area contributed by atoms with Crippen LogP contribution in [0, 0.1) is 0 Å². The Kier molecular flexibility index (Phi) is 7.99. The van der Waals surface area contributed by atoms with Gasteiger partial charge in [-0.15, -0.1) is 0 Å². The van der Waals surface area contributed by atoms with E-state index in [2.05, 4.69) is 15.2 Å². The van der Waals surface area contributed by atoms with Crippen LogP contribution < -0.4 is 15.8 Å². The summed E-state index contributed by atoms with van der Waals surface area (Å²) >= 11 is 0. The normalized spacial score (nSPS) is 16.5. The minimum absolute atomic E-state index is 0.273. The number of aliphatic imine (C=N–C) groups is 1. The molecule has 0 aliphatic carbocycles. The van der Waals surface area contributed by atoms with E-state index in [1.807, 2.05) is 0 Å². The van der Waals surface area contributed by atoms with Crippen LogP contribution in [-0.4, -0.2) is 63.4 Å². The number of morpholine rings is 1. The van der Waals surface area contributed by atoms with Crippen molar-refractivity contribution in [3.05, 3.63) is 29.8 Å². The van der Waals surface area contributed by atoms with E-state index in [4.69, 9.17) is 15.2 Å². The molecule has 0 unspecified atom stereocenters. The van der Waals surface area contributed by atoms with Crippen molar-refractivity contribution in [3.63, 3.8) is 0 Å². The minimum Gasteiger partial charge on any atom is -0.492 e. The van der Waals surface area contributed by atoms with Gasteiger partial charge in [0.05, 0.1) is 25.3 Å². The van der Waals surface area contributed by atoms with Crippen LogP contribution >= 0.6 is 0 Å². The van der Waals surface area contributed by atoms with E-state index in [0.717, 1.165) is 51.4 Å². The Balaban J connectivity index is 1.56. The molecule has 1 saturated heterocycles. The lowest BCUT2D eigenvalue weighted by molar-refractivity contribution is -0.137. The Hall–Kier alpha value is -2.00. The van der Waals surface area contributed by atoms with Crippen LogP contribution in [0.3, 0.4) is 0 Å². The first-order chi connectivity index (χ1) is 12.4. The average Bonchev–Trinajstić information content (AvgIpc) is 2.63. The molecular weight excluding hydrogens is 349 g/mol. The number of hydrogen-bond donors (Lipinski definition) is 2. The van der Waals surface area contributed by atoms with Crippen LogP contribution in [0.4, 0.5) is 13.2 Å². The van der Waals surface area contributed by atoms with E-state index in [1.54, 1.807) is 0 Å². The number of nitrogens with zero attached hydrogens (tertiary/aromatic N) is 2. The molecule has 0 spiro atoms. The highest BCUT2D eigenvalue weighted by Gasteiger charge is 2.29. The molecule has 1 aromatic carbocycles. The fourth-order valence-electron chi connectivity index (χ4n) is 2.46. The highest BCUT2D eigenvalue weighted by atomic mass is 19.4. The number of hydrogen-bond acceptors (Lipinski definition) is 4. The van der Waals surface area contributed by atoms with E-state index in [-0.39, 0.29) is 6.61 Å². The monoisotopic (exact) mass is 374 g/mol. The molecule has 1 aliphatic rings. The summed E-state index contributed by atoms with van der Waals surface area (Å²) in [6.45, 7) is 5.78. The number of ether oxygens (including phenoxy) is 2. The molecule has 1 fully saturated rings. The molecule has 0 bridgehead atoms. The zero-order valence-electron chi connectivity index (χ0n) is 14.6. The van der Waals surface area contributed by atoms with Crippen LogP contribution in [0.15, 0.2) is 29.3 Å². The van der Waals surface area contributed by atoms with Crippen LogP contribution in [0.2, 0.25) is 0 Å². The first-order valence-electron chi connectivity index (χ1n) is 8.59. The molecule has 0 aromatic heterocycles. The summed E-state index contributed by atoms with van der Waals surface area (Å²) in [4.78, 5) is 6.57. The van der Waals surface area contributed by atoms with Gasteiger partial charge in [0.1, 0.15) is 12.4 Å². The predicted molar refractivity (Wildman–Crippen MR) is 93.3 cm³/mol. The fourth-order valence-corrected chi connectivity index (χ4v) is 2.46. The molecule has 0 radical (unpaired) electrons. The molecule has 146 valence electrons. The number of halogens is 3. The standard InChI is InChI=1S/C17H25F3N4O2/c18-17(19,20)14-2-4-15(5-3-14)26-11-7-23-16(21)22-6-1-8-24-9-12-25-13-10-24/h2-5H,1,6-13H2,(H3,21,22,23). The van der Waals surface area contributed by atoms with Crippen molar-refractivity contribution in [1.29, 1.82) is 0 Å². The minimum atomic E-state index is -4.34. The van der Waals surface area contributed by atoms with E-state index < -0.39 is 11.7 Å². The number of benzene rings is 1. The van der Waals surface area contributed by atoms with Gasteiger partial charge in [0.15, 0.2) is 5.96 Å². The van der Waals surface area contributed by atoms with Gasteiger partial charge in [-0.2, -0.15) is 13.2 Å². The first kappa shape index (κ1) is 20.3. The second-order valence-corrected chi connectivity index (χ2v) is 5.87. The smallest absolute Gasteiger partial charge is 0.416 e. The Morgan fingerprint density at radius 2 is 1.92 bits per heavy atom. The second kappa shape index (κ2) is 10.2. The van der Waals surface area contributed by atoms with E-state index >= 15 is 0 Å². The quantitative estimate of drug-likeness (QED) is 0.412. The molecule has 26 heavy (non-hydrogen) atoms. The number of alkyl halides is 3. The molecule has 1 heterocycles. The molecule has 0 saturated carbocycles. The highest BCUT2D eigenvalue weighted by molar-refractivity contribution is 5.77. The summed E-state index contributed by atoms with van der Waals surface area (Å²) in [6.07, 6.45) is -3.42. The molecule has 0 atom stereocenters. The van der Waals surface area contributed by atoms with Gasteiger partial charge in [0, 0.05) is 26.2 Å². The summed E-state index contributed by atoms with van der Waals surface area (Å²) in [5.41, 5.74) is 5.07. The highest BCUT2D eigenvalue weighted by Crippen LogP contribution is 2.30. The third-order valence-electron chi connectivity index (χ3n) is 3.88. The van der Waals surface area contributed by atoms with Crippen LogP contribution in [0.5, 0.6) is 5.75 Å². The third kappa shape index (κ3) is 7.49. The van der Waals surface area contributed by atoms with Gasteiger partial charge in [-0.05, 0) is 30.7 Å². The summed E-state index contributed by atoms with van der Waals surface area (Å²) in [5, 5.41) is 2.92. The maximum Gasteiger partial charge on any atom is 0.416 e. The second-order valence-electron chi connectivity index (χ2n) is 5.87. The number of rotatable bonds is 8. The van der Waals surface area contributed by atoms with Gasteiger partial charge < -0.3 is 20.5 Å². The Morgan fingerprint density at radius 1 is 1.23 bits per heavy atom. The van der Waals surface area contributed by atoms with E-state index in [0.29, 0.717) is 24.8 Å². The zero-order chi connectivity index (χ0) is 18.8. The van der Waals surface area contributed by atoms with Crippen molar-refractivity contribution < 1.29 is 22.6 Å². The van der Waals surface area contributed by atoms with Crippen molar-refractivity contribution in [1.82, 2.24) is 10.2 Å². The SMILES string of the molecule is NC(=NCCCN1CCOCC1)NCCOc1ccc(C(F)(F)F)cc1. The maximum absolute atomic E-state index is 12.5. The summed E-state index contributed by atoms with van der Waals surface area (Å²) in [7, 11) is 0. The maximum atomic E-state index is 12.5. The zero-order valence-corrected chi connectivity index (χ0v) is 14.6. The summed E-state index contributed by atoms with van der Waals surface area (Å²) in [5.74, 6) is 0.712. The number of guanidine groups is 1. The van der Waals surface area contributed by atoms with Gasteiger partial charge in [0.25, 0.3) is 0 Å². The molecule has 9 heteroatoms. The number of nitrogens with one attached hydrogen (secondary N) is 1. The Morgan fingerprint density at radius 3 is 2.58 bits per heavy atom. The Labute approximate surface area is 151 Å². The topological polar surface area (TPSA) is 72.1 Å². The van der Waals surface area contributed by atoms with Crippen molar-refractivity contribution in [2.75, 3.05) is 52.5 Å². The van der Waals surface area contributed by atoms with Gasteiger partial charge in [0.2, 0.25) is 0 Å². The van der Waals surface area contributed by atoms with Crippen LogP contribution in [0.25, 0.3) is 0 Å². The third-order valence-corrected chi connectivity index (χ3v) is 3.88. The number of nitrogens with two attached hydrogens (primary N) is 1. The molecular formula is C17H25F3N4O2. The van der Waals surface area contributed by atoms with Gasteiger partial charge in [-0.1, -0.05) is 0 Å². The van der Waals surface area contributed by atoms with Gasteiger partial charge in [-0.3, -0.25) is 9.89 Å². The van der Waals surface area contributed by atoms with Crippen molar-refractivity contribution in [2.24, 2.45) is 10.7 Å². The first-order valence-corrected chi connectivity index (χ1v) is 8.59. The summed E-state index contributed by atoms with van der Waals surface area (Å²) < 4.78 is 48.0. The van der Waals surface area contributed by atoms with E-state index in [9.17, 15) is 13.2 Å². The van der Waals surface area contributed by atoms with E-state index in [1.165, 1.54) is 12.1 Å². The molecule has 2 rings (SSSR count). The van der Waals surface area contributed by atoms with Crippen LogP contribution in [0.1, 0.15) is 12.0 Å². The lowest BCUT2D eigenvalue weighted by Crippen LogP contribution is -2.37. The predicted octanol–water partition coefficient (Wildman–Crippen LogP) is 1.71. The largest absolute Gasteiger partial charge is 0.492 e. The molecule has 1 aromatic rings. The summed E-state index contributed by atoms with van der Waals surface area (Å²) in [6, 6.07) is 4.58. The Bertz CT molecular complexity index is 558. The van der Waals surface area contributed by atoms with Crippen molar-refractivity contribution >= 4 is 5.96 Å².